The molecular formula is C20H13N3OS2. The first kappa shape index (κ1) is 15.4. The Labute approximate surface area is 157 Å². The molecule has 0 bridgehead atoms. The first-order valence-corrected chi connectivity index (χ1v) is 9.80. The van der Waals surface area contributed by atoms with Crippen molar-refractivity contribution < 1.29 is 0 Å². The van der Waals surface area contributed by atoms with E-state index in [-0.39, 0.29) is 5.56 Å². The van der Waals surface area contributed by atoms with Gasteiger partial charge in [0.15, 0.2) is 0 Å². The lowest BCUT2D eigenvalue weighted by atomic mass is 10.2. The van der Waals surface area contributed by atoms with Gasteiger partial charge in [0.1, 0.15) is 9.84 Å². The molecule has 126 valence electrons. The van der Waals surface area contributed by atoms with Gasteiger partial charge in [-0.2, -0.15) is 0 Å². The van der Waals surface area contributed by atoms with Crippen LogP contribution in [0.2, 0.25) is 0 Å². The van der Waals surface area contributed by atoms with Gasteiger partial charge in [0.25, 0.3) is 5.56 Å². The van der Waals surface area contributed by atoms with E-state index in [4.69, 9.17) is 0 Å². The minimum atomic E-state index is -0.0207. The number of thiophene rings is 1. The van der Waals surface area contributed by atoms with Gasteiger partial charge in [0.05, 0.1) is 28.5 Å². The smallest absolute Gasteiger partial charge is 0.262 e. The molecule has 26 heavy (non-hydrogen) atoms. The van der Waals surface area contributed by atoms with Gasteiger partial charge in [0.2, 0.25) is 0 Å². The van der Waals surface area contributed by atoms with Gasteiger partial charge in [-0.05, 0) is 23.8 Å². The third-order valence-electron chi connectivity index (χ3n) is 4.22. The number of nitrogens with zero attached hydrogens (tertiary/aromatic N) is 3. The highest BCUT2D eigenvalue weighted by Gasteiger charge is 2.12. The molecule has 5 aromatic rings. The molecule has 0 fully saturated rings. The van der Waals surface area contributed by atoms with Crippen molar-refractivity contribution in [2.75, 3.05) is 0 Å². The highest BCUT2D eigenvalue weighted by Crippen LogP contribution is 2.30. The zero-order valence-corrected chi connectivity index (χ0v) is 15.3. The molecular weight excluding hydrogens is 362 g/mol. The molecule has 3 aromatic heterocycles. The predicted molar refractivity (Wildman–Crippen MR) is 108 cm³/mol. The summed E-state index contributed by atoms with van der Waals surface area (Å²) in [4.78, 5) is 23.8. The zero-order valence-electron chi connectivity index (χ0n) is 13.6. The van der Waals surface area contributed by atoms with E-state index in [0.717, 1.165) is 30.5 Å². The molecule has 0 aliphatic carbocycles. The van der Waals surface area contributed by atoms with E-state index in [0.29, 0.717) is 11.9 Å². The third kappa shape index (κ3) is 2.64. The minimum Gasteiger partial charge on any atom is -0.292 e. The van der Waals surface area contributed by atoms with Crippen LogP contribution in [0.1, 0.15) is 5.01 Å². The Kier molecular flexibility index (Phi) is 3.65. The molecule has 5 rings (SSSR count). The Hall–Kier alpha value is -2.83. The van der Waals surface area contributed by atoms with E-state index in [9.17, 15) is 4.79 Å². The number of aromatic nitrogens is 3. The van der Waals surface area contributed by atoms with Crippen molar-refractivity contribution in [3.8, 4) is 10.4 Å². The summed E-state index contributed by atoms with van der Waals surface area (Å²) in [6.07, 6.45) is 1.63. The van der Waals surface area contributed by atoms with Crippen LogP contribution in [0.4, 0.5) is 0 Å². The molecule has 0 atom stereocenters. The van der Waals surface area contributed by atoms with E-state index >= 15 is 0 Å². The first-order chi connectivity index (χ1) is 12.8. The number of rotatable bonds is 3. The fourth-order valence-electron chi connectivity index (χ4n) is 2.95. The van der Waals surface area contributed by atoms with E-state index in [1.54, 1.807) is 33.6 Å². The Balaban J connectivity index is 1.56. The lowest BCUT2D eigenvalue weighted by Crippen LogP contribution is -2.20. The number of hydrogen-bond donors (Lipinski definition) is 0. The monoisotopic (exact) mass is 375 g/mol. The van der Waals surface area contributed by atoms with E-state index in [2.05, 4.69) is 9.97 Å². The highest BCUT2D eigenvalue weighted by molar-refractivity contribution is 7.21. The Morgan fingerprint density at radius 3 is 2.62 bits per heavy atom. The van der Waals surface area contributed by atoms with Crippen molar-refractivity contribution in [3.05, 3.63) is 82.4 Å². The van der Waals surface area contributed by atoms with Gasteiger partial charge < -0.3 is 0 Å². The largest absolute Gasteiger partial charge is 0.292 e. The topological polar surface area (TPSA) is 47.8 Å². The molecule has 2 aromatic carbocycles. The maximum absolute atomic E-state index is 12.9. The Morgan fingerprint density at radius 1 is 0.962 bits per heavy atom. The lowest BCUT2D eigenvalue weighted by Gasteiger charge is -2.01. The summed E-state index contributed by atoms with van der Waals surface area (Å²) in [5.41, 5.74) is 2.05. The Morgan fingerprint density at radius 2 is 1.77 bits per heavy atom. The quantitative estimate of drug-likeness (QED) is 0.456. The second-order valence-corrected chi connectivity index (χ2v) is 8.09. The van der Waals surface area contributed by atoms with E-state index in [1.807, 2.05) is 60.7 Å². The highest BCUT2D eigenvalue weighted by atomic mass is 32.1. The van der Waals surface area contributed by atoms with Crippen molar-refractivity contribution in [1.29, 1.82) is 0 Å². The fourth-order valence-corrected chi connectivity index (χ4v) is 4.91. The van der Waals surface area contributed by atoms with Gasteiger partial charge in [0, 0.05) is 4.88 Å². The van der Waals surface area contributed by atoms with Crippen molar-refractivity contribution >= 4 is 43.1 Å². The van der Waals surface area contributed by atoms with Crippen molar-refractivity contribution in [2.45, 2.75) is 6.54 Å². The van der Waals surface area contributed by atoms with Crippen LogP contribution in [0, 0.1) is 0 Å². The summed E-state index contributed by atoms with van der Waals surface area (Å²) in [6, 6.07) is 20.0. The second-order valence-electron chi connectivity index (χ2n) is 5.95. The lowest BCUT2D eigenvalue weighted by molar-refractivity contribution is 0.746. The van der Waals surface area contributed by atoms with E-state index in [1.165, 1.54) is 0 Å². The van der Waals surface area contributed by atoms with Crippen LogP contribution < -0.4 is 5.56 Å². The number of hydrogen-bond acceptors (Lipinski definition) is 5. The summed E-state index contributed by atoms with van der Waals surface area (Å²) < 4.78 is 2.77. The molecule has 0 N–H and O–H groups in total. The first-order valence-electron chi connectivity index (χ1n) is 8.17. The average Bonchev–Trinajstić information content (AvgIpc) is 3.29. The maximum atomic E-state index is 12.9. The molecule has 0 saturated heterocycles. The van der Waals surface area contributed by atoms with Crippen LogP contribution in [0.3, 0.4) is 0 Å². The summed E-state index contributed by atoms with van der Waals surface area (Å²) in [5.74, 6) is 0. The SMILES string of the molecule is O=c1c2cc(-c3ccccc3)sc2ncn1Cc1nc2ccccc2s1. The number of benzene rings is 2. The van der Waals surface area contributed by atoms with Gasteiger partial charge in [-0.25, -0.2) is 9.97 Å². The maximum Gasteiger partial charge on any atom is 0.262 e. The third-order valence-corrected chi connectivity index (χ3v) is 6.33. The number of thiazole rings is 1. The molecule has 3 heterocycles. The molecule has 0 radical (unpaired) electrons. The molecule has 0 aliphatic heterocycles. The van der Waals surface area contributed by atoms with Crippen molar-refractivity contribution in [1.82, 2.24) is 14.5 Å². The summed E-state index contributed by atoms with van der Waals surface area (Å²) in [7, 11) is 0. The second kappa shape index (κ2) is 6.16. The predicted octanol–water partition coefficient (Wildman–Crippen LogP) is 4.78. The average molecular weight is 375 g/mol. The van der Waals surface area contributed by atoms with Crippen molar-refractivity contribution in [3.63, 3.8) is 0 Å². The Bertz CT molecular complexity index is 1250. The van der Waals surface area contributed by atoms with Crippen LogP contribution in [-0.4, -0.2) is 14.5 Å². The van der Waals surface area contributed by atoms with Crippen molar-refractivity contribution in [2.24, 2.45) is 0 Å². The van der Waals surface area contributed by atoms with Gasteiger partial charge in [-0.15, -0.1) is 22.7 Å². The van der Waals surface area contributed by atoms with Crippen LogP contribution in [0.5, 0.6) is 0 Å². The zero-order chi connectivity index (χ0) is 17.5. The molecule has 4 nitrogen and oxygen atoms in total. The number of fused-ring (bicyclic) bond motifs is 2. The van der Waals surface area contributed by atoms with Crippen LogP contribution in [0.25, 0.3) is 30.9 Å². The summed E-state index contributed by atoms with van der Waals surface area (Å²) in [5, 5.41) is 1.57. The van der Waals surface area contributed by atoms with Gasteiger partial charge in [-0.3, -0.25) is 9.36 Å². The van der Waals surface area contributed by atoms with Crippen LogP contribution >= 0.6 is 22.7 Å². The van der Waals surface area contributed by atoms with Gasteiger partial charge in [-0.1, -0.05) is 42.5 Å². The molecule has 0 unspecified atom stereocenters. The van der Waals surface area contributed by atoms with E-state index < -0.39 is 0 Å². The summed E-state index contributed by atoms with van der Waals surface area (Å²) >= 11 is 3.16. The minimum absolute atomic E-state index is 0.0207. The number of para-hydroxylation sites is 1. The molecule has 0 saturated carbocycles. The molecule has 6 heteroatoms. The normalized spacial score (nSPS) is 11.4. The molecule has 0 spiro atoms. The van der Waals surface area contributed by atoms with Crippen LogP contribution in [0.15, 0.2) is 71.8 Å². The fraction of sp³-hybridized carbons (Fsp3) is 0.0500. The molecule has 0 amide bonds. The summed E-state index contributed by atoms with van der Waals surface area (Å²) in [6.45, 7) is 0.442. The van der Waals surface area contributed by atoms with Crippen LogP contribution in [-0.2, 0) is 6.54 Å². The standard InChI is InChI=1S/C20H13N3OS2/c24-20-14-10-17(13-6-2-1-3-7-13)26-19(14)21-12-23(20)11-18-22-15-8-4-5-9-16(15)25-18/h1-10,12H,11H2. The van der Waals surface area contributed by atoms with Gasteiger partial charge >= 0.3 is 0 Å². The molecule has 0 aliphatic rings.